The third-order valence-electron chi connectivity index (χ3n) is 2.96. The number of ketones is 1. The predicted octanol–water partition coefficient (Wildman–Crippen LogP) is 1.11. The lowest BCUT2D eigenvalue weighted by atomic mass is 9.79. The standard InChI is InChI=1S/C9H15NO/c11-9-5-6-10-8-4-2-1-3-7(8)9/h7-8,10H,1-6H2. The molecule has 11 heavy (non-hydrogen) atoms. The van der Waals surface area contributed by atoms with Crippen LogP contribution in [0.4, 0.5) is 0 Å². The third-order valence-corrected chi connectivity index (χ3v) is 2.96. The van der Waals surface area contributed by atoms with E-state index in [4.69, 9.17) is 0 Å². The Labute approximate surface area is 67.4 Å². The van der Waals surface area contributed by atoms with Crippen molar-refractivity contribution in [3.8, 4) is 0 Å². The summed E-state index contributed by atoms with van der Waals surface area (Å²) in [5.41, 5.74) is 0. The lowest BCUT2D eigenvalue weighted by Gasteiger charge is -2.34. The third kappa shape index (κ3) is 1.32. The highest BCUT2D eigenvalue weighted by atomic mass is 16.1. The van der Waals surface area contributed by atoms with Crippen LogP contribution in [0.5, 0.6) is 0 Å². The number of Topliss-reactive ketones (excluding diaryl/α,β-unsaturated/α-hetero) is 1. The topological polar surface area (TPSA) is 29.1 Å². The Balaban J connectivity index is 2.05. The van der Waals surface area contributed by atoms with Crippen LogP contribution in [0.25, 0.3) is 0 Å². The van der Waals surface area contributed by atoms with Crippen LogP contribution in [-0.4, -0.2) is 18.4 Å². The lowest BCUT2D eigenvalue weighted by molar-refractivity contribution is -0.126. The van der Waals surface area contributed by atoms with E-state index in [2.05, 4.69) is 5.32 Å². The van der Waals surface area contributed by atoms with E-state index < -0.39 is 0 Å². The number of hydrogen-bond donors (Lipinski definition) is 1. The average Bonchev–Trinajstić information content (AvgIpc) is 2.06. The van der Waals surface area contributed by atoms with Crippen LogP contribution in [0.2, 0.25) is 0 Å². The van der Waals surface area contributed by atoms with Crippen LogP contribution >= 0.6 is 0 Å². The summed E-state index contributed by atoms with van der Waals surface area (Å²) in [5.74, 6) is 0.881. The van der Waals surface area contributed by atoms with Crippen LogP contribution in [0.3, 0.4) is 0 Å². The fourth-order valence-corrected chi connectivity index (χ4v) is 2.33. The van der Waals surface area contributed by atoms with Crippen molar-refractivity contribution in [2.75, 3.05) is 6.54 Å². The molecule has 0 aromatic heterocycles. The fourth-order valence-electron chi connectivity index (χ4n) is 2.33. The first-order chi connectivity index (χ1) is 5.38. The number of carbonyl (C=O) groups excluding carboxylic acids is 1. The molecule has 0 aromatic rings. The van der Waals surface area contributed by atoms with Crippen LogP contribution in [0, 0.1) is 5.92 Å². The number of rotatable bonds is 0. The highest BCUT2D eigenvalue weighted by Gasteiger charge is 2.32. The van der Waals surface area contributed by atoms with Gasteiger partial charge in [-0.1, -0.05) is 12.8 Å². The van der Waals surface area contributed by atoms with Gasteiger partial charge < -0.3 is 5.32 Å². The van der Waals surface area contributed by atoms with Gasteiger partial charge in [0, 0.05) is 24.9 Å². The first-order valence-corrected chi connectivity index (χ1v) is 4.64. The second-order valence-electron chi connectivity index (χ2n) is 3.67. The van der Waals surface area contributed by atoms with Gasteiger partial charge in [0.25, 0.3) is 0 Å². The summed E-state index contributed by atoms with van der Waals surface area (Å²) in [6.45, 7) is 0.917. The molecular weight excluding hydrogens is 138 g/mol. The van der Waals surface area contributed by atoms with Crippen molar-refractivity contribution in [2.45, 2.75) is 38.1 Å². The smallest absolute Gasteiger partial charge is 0.138 e. The molecule has 0 radical (unpaired) electrons. The summed E-state index contributed by atoms with van der Waals surface area (Å²) in [4.78, 5) is 11.4. The number of carbonyl (C=O) groups is 1. The van der Waals surface area contributed by atoms with Gasteiger partial charge in [-0.05, 0) is 12.8 Å². The van der Waals surface area contributed by atoms with Crippen LogP contribution in [0.15, 0.2) is 0 Å². The van der Waals surface area contributed by atoms with Crippen molar-refractivity contribution < 1.29 is 4.79 Å². The van der Waals surface area contributed by atoms with Crippen molar-refractivity contribution in [3.05, 3.63) is 0 Å². The summed E-state index contributed by atoms with van der Waals surface area (Å²) >= 11 is 0. The van der Waals surface area contributed by atoms with Crippen LogP contribution in [-0.2, 0) is 4.79 Å². The zero-order valence-electron chi connectivity index (χ0n) is 6.81. The highest BCUT2D eigenvalue weighted by Crippen LogP contribution is 2.27. The van der Waals surface area contributed by atoms with Crippen molar-refractivity contribution in [1.82, 2.24) is 5.32 Å². The van der Waals surface area contributed by atoms with Crippen molar-refractivity contribution in [3.63, 3.8) is 0 Å². The first-order valence-electron chi connectivity index (χ1n) is 4.64. The Bertz CT molecular complexity index is 165. The summed E-state index contributed by atoms with van der Waals surface area (Å²) in [6.07, 6.45) is 5.68. The molecule has 1 heterocycles. The summed E-state index contributed by atoms with van der Waals surface area (Å²) in [6, 6.07) is 0.532. The Morgan fingerprint density at radius 1 is 1.27 bits per heavy atom. The van der Waals surface area contributed by atoms with E-state index in [0.717, 1.165) is 19.4 Å². The van der Waals surface area contributed by atoms with Gasteiger partial charge in [-0.2, -0.15) is 0 Å². The van der Waals surface area contributed by atoms with E-state index in [1.807, 2.05) is 0 Å². The number of hydrogen-bond acceptors (Lipinski definition) is 2. The molecule has 2 nitrogen and oxygen atoms in total. The molecule has 2 unspecified atom stereocenters. The Morgan fingerprint density at radius 2 is 2.09 bits per heavy atom. The summed E-state index contributed by atoms with van der Waals surface area (Å²) in [5, 5.41) is 3.43. The normalized spacial score (nSPS) is 38.4. The Kier molecular flexibility index (Phi) is 1.95. The minimum Gasteiger partial charge on any atom is -0.313 e. The molecule has 1 saturated carbocycles. The molecule has 2 aliphatic rings. The molecule has 0 spiro atoms. The van der Waals surface area contributed by atoms with Crippen molar-refractivity contribution in [2.24, 2.45) is 5.92 Å². The summed E-state index contributed by atoms with van der Waals surface area (Å²) in [7, 11) is 0. The zero-order chi connectivity index (χ0) is 7.68. The molecule has 0 bridgehead atoms. The Morgan fingerprint density at radius 3 is 2.91 bits per heavy atom. The SMILES string of the molecule is O=C1CCNC2CCCCC12. The van der Waals surface area contributed by atoms with Gasteiger partial charge in [0.1, 0.15) is 5.78 Å². The monoisotopic (exact) mass is 153 g/mol. The molecule has 2 fully saturated rings. The molecule has 1 saturated heterocycles. The maximum atomic E-state index is 11.4. The maximum Gasteiger partial charge on any atom is 0.138 e. The first kappa shape index (κ1) is 7.29. The van der Waals surface area contributed by atoms with Crippen molar-refractivity contribution in [1.29, 1.82) is 0 Å². The fraction of sp³-hybridized carbons (Fsp3) is 0.889. The average molecular weight is 153 g/mol. The van der Waals surface area contributed by atoms with Gasteiger partial charge in [0.15, 0.2) is 0 Å². The second-order valence-corrected chi connectivity index (χ2v) is 3.67. The molecular formula is C9H15NO. The maximum absolute atomic E-state index is 11.4. The Hall–Kier alpha value is -0.370. The number of piperidine rings is 1. The largest absolute Gasteiger partial charge is 0.313 e. The number of nitrogens with one attached hydrogen (secondary N) is 1. The van der Waals surface area contributed by atoms with Crippen LogP contribution < -0.4 is 5.32 Å². The highest BCUT2D eigenvalue weighted by molar-refractivity contribution is 5.82. The predicted molar refractivity (Wildman–Crippen MR) is 43.4 cm³/mol. The second kappa shape index (κ2) is 2.94. The molecule has 1 aliphatic heterocycles. The van der Waals surface area contributed by atoms with Crippen LogP contribution in [0.1, 0.15) is 32.1 Å². The van der Waals surface area contributed by atoms with E-state index in [9.17, 15) is 4.79 Å². The van der Waals surface area contributed by atoms with E-state index in [-0.39, 0.29) is 0 Å². The molecule has 2 heteroatoms. The molecule has 1 N–H and O–H groups in total. The molecule has 2 rings (SSSR count). The number of fused-ring (bicyclic) bond motifs is 1. The van der Waals surface area contributed by atoms with Gasteiger partial charge >= 0.3 is 0 Å². The van der Waals surface area contributed by atoms with Gasteiger partial charge in [0.05, 0.1) is 0 Å². The van der Waals surface area contributed by atoms with E-state index in [0.29, 0.717) is 17.7 Å². The molecule has 0 amide bonds. The van der Waals surface area contributed by atoms with E-state index in [1.54, 1.807) is 0 Å². The van der Waals surface area contributed by atoms with E-state index in [1.165, 1.54) is 19.3 Å². The van der Waals surface area contributed by atoms with Crippen molar-refractivity contribution >= 4 is 5.78 Å². The van der Waals surface area contributed by atoms with Gasteiger partial charge in [0.2, 0.25) is 0 Å². The van der Waals surface area contributed by atoms with Gasteiger partial charge in [-0.15, -0.1) is 0 Å². The lowest BCUT2D eigenvalue weighted by Crippen LogP contribution is -2.47. The minimum atomic E-state index is 0.373. The minimum absolute atomic E-state index is 0.373. The molecule has 1 aliphatic carbocycles. The van der Waals surface area contributed by atoms with Gasteiger partial charge in [-0.3, -0.25) is 4.79 Å². The molecule has 62 valence electrons. The summed E-state index contributed by atoms with van der Waals surface area (Å²) < 4.78 is 0. The zero-order valence-corrected chi connectivity index (χ0v) is 6.81. The van der Waals surface area contributed by atoms with Gasteiger partial charge in [-0.25, -0.2) is 0 Å². The molecule has 0 aromatic carbocycles. The quantitative estimate of drug-likeness (QED) is 0.564. The molecule has 2 atom stereocenters. The van der Waals surface area contributed by atoms with E-state index >= 15 is 0 Å².